The van der Waals surface area contributed by atoms with Crippen LogP contribution in [0.3, 0.4) is 0 Å². The Morgan fingerprint density at radius 2 is 1.95 bits per heavy atom. The summed E-state index contributed by atoms with van der Waals surface area (Å²) in [6.07, 6.45) is 1.96. The molecule has 1 amide bonds. The van der Waals surface area contributed by atoms with Crippen molar-refractivity contribution in [3.05, 3.63) is 23.8 Å². The van der Waals surface area contributed by atoms with Gasteiger partial charge < -0.3 is 19.7 Å². The van der Waals surface area contributed by atoms with Crippen molar-refractivity contribution >= 4 is 5.91 Å². The van der Waals surface area contributed by atoms with Crippen LogP contribution < -0.4 is 14.8 Å². The first-order valence-corrected chi connectivity index (χ1v) is 6.87. The summed E-state index contributed by atoms with van der Waals surface area (Å²) in [5.41, 5.74) is 0.549. The fourth-order valence-corrected chi connectivity index (χ4v) is 2.53. The maximum atomic E-state index is 12.7. The molecule has 0 unspecified atom stereocenters. The monoisotopic (exact) mass is 278 g/mol. The average Bonchev–Trinajstić information content (AvgIpc) is 2.53. The highest BCUT2D eigenvalue weighted by atomic mass is 16.5. The third kappa shape index (κ3) is 3.04. The second kappa shape index (κ2) is 6.61. The van der Waals surface area contributed by atoms with Gasteiger partial charge in [-0.25, -0.2) is 0 Å². The molecule has 1 aliphatic rings. The standard InChI is InChI=1S/C15H22N2O3/c1-17(11-6-8-16-9-7-11)15(18)13-10-12(19-2)4-5-14(13)20-3/h4-5,10-11,16H,6-9H2,1-3H3. The van der Waals surface area contributed by atoms with E-state index in [0.29, 0.717) is 17.1 Å². The van der Waals surface area contributed by atoms with Crippen LogP contribution in [0.1, 0.15) is 23.2 Å². The van der Waals surface area contributed by atoms with Gasteiger partial charge in [-0.3, -0.25) is 4.79 Å². The van der Waals surface area contributed by atoms with Gasteiger partial charge in [0.2, 0.25) is 0 Å². The van der Waals surface area contributed by atoms with Gasteiger partial charge in [0, 0.05) is 13.1 Å². The van der Waals surface area contributed by atoms with Crippen LogP contribution in [-0.2, 0) is 0 Å². The van der Waals surface area contributed by atoms with Gasteiger partial charge in [-0.2, -0.15) is 0 Å². The molecule has 1 aliphatic heterocycles. The van der Waals surface area contributed by atoms with Crippen molar-refractivity contribution in [3.63, 3.8) is 0 Å². The van der Waals surface area contributed by atoms with Gasteiger partial charge in [0.05, 0.1) is 19.8 Å². The SMILES string of the molecule is COc1ccc(OC)c(C(=O)N(C)C2CCNCC2)c1. The molecule has 0 saturated carbocycles. The first-order chi connectivity index (χ1) is 9.67. The normalized spacial score (nSPS) is 15.8. The lowest BCUT2D eigenvalue weighted by Gasteiger charge is -2.32. The van der Waals surface area contributed by atoms with Gasteiger partial charge in [-0.15, -0.1) is 0 Å². The number of methoxy groups -OCH3 is 2. The molecule has 20 heavy (non-hydrogen) atoms. The maximum Gasteiger partial charge on any atom is 0.257 e. The molecule has 0 spiro atoms. The Morgan fingerprint density at radius 1 is 1.25 bits per heavy atom. The number of hydrogen-bond donors (Lipinski definition) is 1. The zero-order chi connectivity index (χ0) is 14.5. The molecule has 1 saturated heterocycles. The summed E-state index contributed by atoms with van der Waals surface area (Å²) in [5.74, 6) is 1.22. The lowest BCUT2D eigenvalue weighted by molar-refractivity contribution is 0.0699. The second-order valence-electron chi connectivity index (χ2n) is 4.96. The van der Waals surface area contributed by atoms with Gasteiger partial charge >= 0.3 is 0 Å². The summed E-state index contributed by atoms with van der Waals surface area (Å²) < 4.78 is 10.5. The Balaban J connectivity index is 2.22. The highest BCUT2D eigenvalue weighted by Gasteiger charge is 2.25. The molecule has 2 rings (SSSR count). The summed E-state index contributed by atoms with van der Waals surface area (Å²) >= 11 is 0. The zero-order valence-corrected chi connectivity index (χ0v) is 12.3. The summed E-state index contributed by atoms with van der Waals surface area (Å²) in [7, 11) is 5.02. The average molecular weight is 278 g/mol. The van der Waals surface area contributed by atoms with Gasteiger partial charge in [-0.05, 0) is 44.1 Å². The minimum Gasteiger partial charge on any atom is -0.497 e. The van der Waals surface area contributed by atoms with Crippen molar-refractivity contribution in [3.8, 4) is 11.5 Å². The van der Waals surface area contributed by atoms with E-state index >= 15 is 0 Å². The summed E-state index contributed by atoms with van der Waals surface area (Å²) in [5, 5.41) is 3.31. The molecule has 5 heteroatoms. The predicted molar refractivity (Wildman–Crippen MR) is 77.5 cm³/mol. The predicted octanol–water partition coefficient (Wildman–Crippen LogP) is 1.53. The van der Waals surface area contributed by atoms with E-state index in [2.05, 4.69) is 5.32 Å². The lowest BCUT2D eigenvalue weighted by atomic mass is 10.0. The minimum absolute atomic E-state index is 0.0207. The Labute approximate surface area is 119 Å². The first kappa shape index (κ1) is 14.7. The van der Waals surface area contributed by atoms with Crippen molar-refractivity contribution in [2.24, 2.45) is 0 Å². The van der Waals surface area contributed by atoms with E-state index in [1.165, 1.54) is 0 Å². The Morgan fingerprint density at radius 3 is 2.55 bits per heavy atom. The van der Waals surface area contributed by atoms with Crippen LogP contribution in [-0.4, -0.2) is 51.2 Å². The van der Waals surface area contributed by atoms with E-state index in [-0.39, 0.29) is 11.9 Å². The van der Waals surface area contributed by atoms with Crippen LogP contribution in [0, 0.1) is 0 Å². The van der Waals surface area contributed by atoms with Crippen LogP contribution in [0.5, 0.6) is 11.5 Å². The molecule has 1 N–H and O–H groups in total. The number of nitrogens with one attached hydrogen (secondary N) is 1. The Kier molecular flexibility index (Phi) is 4.84. The number of carbonyl (C=O) groups excluding carboxylic acids is 1. The summed E-state index contributed by atoms with van der Waals surface area (Å²) in [6, 6.07) is 5.57. The number of amides is 1. The molecular weight excluding hydrogens is 256 g/mol. The number of piperidine rings is 1. The van der Waals surface area contributed by atoms with Gasteiger partial charge in [0.1, 0.15) is 11.5 Å². The Bertz CT molecular complexity index is 470. The summed E-state index contributed by atoms with van der Waals surface area (Å²) in [6.45, 7) is 1.91. The van der Waals surface area contributed by atoms with Crippen LogP contribution in [0.15, 0.2) is 18.2 Å². The highest BCUT2D eigenvalue weighted by molar-refractivity contribution is 5.97. The number of rotatable bonds is 4. The molecule has 1 aromatic carbocycles. The van der Waals surface area contributed by atoms with Crippen molar-refractivity contribution in [1.82, 2.24) is 10.2 Å². The number of benzene rings is 1. The molecule has 1 aromatic rings. The fourth-order valence-electron chi connectivity index (χ4n) is 2.53. The van der Waals surface area contributed by atoms with Crippen molar-refractivity contribution in [1.29, 1.82) is 0 Å². The largest absolute Gasteiger partial charge is 0.497 e. The molecule has 1 fully saturated rings. The molecule has 5 nitrogen and oxygen atoms in total. The van der Waals surface area contributed by atoms with Crippen LogP contribution in [0.2, 0.25) is 0 Å². The van der Waals surface area contributed by atoms with Crippen LogP contribution in [0.25, 0.3) is 0 Å². The molecular formula is C15H22N2O3. The number of ether oxygens (including phenoxy) is 2. The molecule has 0 radical (unpaired) electrons. The third-order valence-corrected chi connectivity index (χ3v) is 3.81. The molecule has 0 aromatic heterocycles. The number of hydrogen-bond acceptors (Lipinski definition) is 4. The van der Waals surface area contributed by atoms with E-state index in [0.717, 1.165) is 25.9 Å². The van der Waals surface area contributed by atoms with E-state index in [4.69, 9.17) is 9.47 Å². The number of nitrogens with zero attached hydrogens (tertiary/aromatic N) is 1. The van der Waals surface area contributed by atoms with Crippen LogP contribution in [0.4, 0.5) is 0 Å². The van der Waals surface area contributed by atoms with Gasteiger partial charge in [0.25, 0.3) is 5.91 Å². The van der Waals surface area contributed by atoms with Crippen molar-refractivity contribution in [2.75, 3.05) is 34.4 Å². The van der Waals surface area contributed by atoms with E-state index in [9.17, 15) is 4.79 Å². The van der Waals surface area contributed by atoms with Crippen molar-refractivity contribution < 1.29 is 14.3 Å². The van der Waals surface area contributed by atoms with Crippen molar-refractivity contribution in [2.45, 2.75) is 18.9 Å². The van der Waals surface area contributed by atoms with Gasteiger partial charge in [0.15, 0.2) is 0 Å². The molecule has 0 aliphatic carbocycles. The van der Waals surface area contributed by atoms with Crippen LogP contribution >= 0.6 is 0 Å². The topological polar surface area (TPSA) is 50.8 Å². The molecule has 110 valence electrons. The van der Waals surface area contributed by atoms with Gasteiger partial charge in [-0.1, -0.05) is 0 Å². The van der Waals surface area contributed by atoms with E-state index in [1.54, 1.807) is 32.4 Å². The smallest absolute Gasteiger partial charge is 0.257 e. The van der Waals surface area contributed by atoms with E-state index in [1.807, 2.05) is 11.9 Å². The lowest BCUT2D eigenvalue weighted by Crippen LogP contribution is -2.44. The fraction of sp³-hybridized carbons (Fsp3) is 0.533. The second-order valence-corrected chi connectivity index (χ2v) is 4.96. The van der Waals surface area contributed by atoms with E-state index < -0.39 is 0 Å². The number of carbonyl (C=O) groups is 1. The zero-order valence-electron chi connectivity index (χ0n) is 12.3. The quantitative estimate of drug-likeness (QED) is 0.907. The highest BCUT2D eigenvalue weighted by Crippen LogP contribution is 2.26. The molecule has 1 heterocycles. The minimum atomic E-state index is -0.0207. The first-order valence-electron chi connectivity index (χ1n) is 6.87. The molecule has 0 bridgehead atoms. The summed E-state index contributed by atoms with van der Waals surface area (Å²) in [4.78, 5) is 14.5. The third-order valence-electron chi connectivity index (χ3n) is 3.81. The Hall–Kier alpha value is -1.75. The molecule has 0 atom stereocenters. The maximum absolute atomic E-state index is 12.7.